The molecule has 1 aromatic rings. The Balaban J connectivity index is 1.40. The summed E-state index contributed by atoms with van der Waals surface area (Å²) in [4.78, 5) is 123. The van der Waals surface area contributed by atoms with Crippen LogP contribution < -0.4 is 42.1 Å². The Morgan fingerprint density at radius 2 is 1.67 bits per heavy atom. The monoisotopic (exact) mass is 1090 g/mol. The number of alkyl carbamates (subject to hydrolysis) is 1. The van der Waals surface area contributed by atoms with Crippen LogP contribution in [0.1, 0.15) is 73.3 Å². The zero-order valence-corrected chi connectivity index (χ0v) is 45.5. The largest absolute Gasteiger partial charge is 0.495 e. The average Bonchev–Trinajstić information content (AvgIpc) is 4.06. The van der Waals surface area contributed by atoms with Crippen molar-refractivity contribution in [2.75, 3.05) is 66.1 Å². The van der Waals surface area contributed by atoms with E-state index >= 15 is 0 Å². The molecule has 26 heteroatoms. The number of nitrogens with zero attached hydrogens (tertiary/aromatic N) is 2. The van der Waals surface area contributed by atoms with Gasteiger partial charge in [-0.2, -0.15) is 0 Å². The van der Waals surface area contributed by atoms with Crippen LogP contribution >= 0.6 is 11.6 Å². The van der Waals surface area contributed by atoms with Crippen LogP contribution in [0.4, 0.5) is 10.5 Å². The Morgan fingerprint density at radius 3 is 2.33 bits per heavy atom. The van der Waals surface area contributed by atoms with Gasteiger partial charge in [-0.1, -0.05) is 49.2 Å². The summed E-state index contributed by atoms with van der Waals surface area (Å²) in [5.41, 5.74) is -1.35. The van der Waals surface area contributed by atoms with Crippen molar-refractivity contribution in [3.63, 3.8) is 0 Å². The zero-order valence-electron chi connectivity index (χ0n) is 44.8. The van der Waals surface area contributed by atoms with Gasteiger partial charge in [0.05, 0.1) is 31.4 Å². The van der Waals surface area contributed by atoms with Gasteiger partial charge in [-0.3, -0.25) is 43.7 Å². The van der Waals surface area contributed by atoms with Crippen LogP contribution in [0.15, 0.2) is 35.9 Å². The SMILES string of the molecule is COc1cc2cc(c1Cl)N(C)C(=O)CC(OC(=O)C(C)N(C)C(=O)COCC(=O)NC(C)C(=O)CC(C)C(=O)NC(C)C(=O)NCCNC(=O)CON)C1(C)OC1C(C)C1CC(O)(NC(=O)O1)C(OC)/C=C/C=C(\C)C2. The van der Waals surface area contributed by atoms with Crippen LogP contribution in [0.25, 0.3) is 0 Å². The van der Waals surface area contributed by atoms with Crippen molar-refractivity contribution in [3.05, 3.63) is 46.5 Å². The number of likely N-dealkylation sites (N-methyl/N-ethyl adjacent to an activating group) is 1. The lowest BCUT2D eigenvalue weighted by Gasteiger charge is -2.42. The summed E-state index contributed by atoms with van der Waals surface area (Å²) in [6.45, 7) is 9.45. The standard InChI is InChI=1S/C50H73ClN8O17/c1-26-13-12-14-37(71-11)50(69)22-36(74-48(68)57-50)28(3)44-49(7,76-44)38(21-41(63)59(9)33-19-32(17-26)20-35(70-10)43(33)51)75-47(67)31(6)58(8)42(64)25-72-23-40(62)55-29(4)34(60)18-27(2)45(65)56-30(5)46(66)54-16-15-53-39(61)24-73-52/h12-14,19-20,27-31,36-38,44,69H,15-18,21-25,52H2,1-11H3,(H,53,61)(H,54,66)(H,55,62)(H,56,65)(H,57,68)/b14-12+,26-13+. The fraction of sp³-hybridized carbons (Fsp3) is 0.620. The lowest BCUT2D eigenvalue weighted by molar-refractivity contribution is -0.163. The van der Waals surface area contributed by atoms with Crippen LogP contribution in [0.3, 0.4) is 0 Å². The van der Waals surface area contributed by atoms with Gasteiger partial charge in [0.1, 0.15) is 66.6 Å². The second-order valence-corrected chi connectivity index (χ2v) is 19.8. The van der Waals surface area contributed by atoms with Crippen molar-refractivity contribution in [2.24, 2.45) is 17.7 Å². The molecule has 25 nitrogen and oxygen atoms in total. The van der Waals surface area contributed by atoms with E-state index in [1.54, 1.807) is 38.1 Å². The number of halogens is 1. The molecule has 4 bridgehead atoms. The van der Waals surface area contributed by atoms with Crippen molar-refractivity contribution in [1.82, 2.24) is 31.5 Å². The molecule has 0 aromatic heterocycles. The summed E-state index contributed by atoms with van der Waals surface area (Å²) in [5.74, 6) is -1.44. The average molecular weight is 1090 g/mol. The normalized spacial score (nSPS) is 26.2. The van der Waals surface area contributed by atoms with Crippen molar-refractivity contribution in [1.29, 1.82) is 0 Å². The Morgan fingerprint density at radius 1 is 0.987 bits per heavy atom. The molecule has 0 saturated carbocycles. The van der Waals surface area contributed by atoms with Gasteiger partial charge in [-0.25, -0.2) is 15.5 Å². The molecule has 76 heavy (non-hydrogen) atoms. The van der Waals surface area contributed by atoms with Crippen molar-refractivity contribution in [2.45, 2.75) is 128 Å². The van der Waals surface area contributed by atoms with E-state index in [9.17, 15) is 48.3 Å². The predicted molar refractivity (Wildman–Crippen MR) is 272 cm³/mol. The van der Waals surface area contributed by atoms with Gasteiger partial charge in [0.15, 0.2) is 11.5 Å². The number of amides is 7. The van der Waals surface area contributed by atoms with E-state index in [0.29, 0.717) is 17.9 Å². The highest BCUT2D eigenvalue weighted by Gasteiger charge is 2.64. The number of esters is 1. The van der Waals surface area contributed by atoms with Gasteiger partial charge >= 0.3 is 12.1 Å². The van der Waals surface area contributed by atoms with Gasteiger partial charge < -0.3 is 64.6 Å². The lowest BCUT2D eigenvalue weighted by atomic mass is 9.83. The number of aliphatic hydroxyl groups is 1. The Bertz CT molecular complexity index is 2390. The van der Waals surface area contributed by atoms with E-state index < -0.39 is 139 Å². The number of ketones is 1. The molecule has 422 valence electrons. The number of methoxy groups -OCH3 is 2. The van der Waals surface area contributed by atoms with Crippen molar-refractivity contribution < 1.29 is 81.5 Å². The molecule has 11 atom stereocenters. The van der Waals surface area contributed by atoms with Gasteiger partial charge in [-0.15, -0.1) is 0 Å². The van der Waals surface area contributed by atoms with E-state index in [1.165, 1.54) is 60.9 Å². The second kappa shape index (κ2) is 27.7. The third kappa shape index (κ3) is 16.6. The van der Waals surface area contributed by atoms with Crippen molar-refractivity contribution >= 4 is 70.6 Å². The number of hydrogen-bond acceptors (Lipinski definition) is 18. The zero-order chi connectivity index (χ0) is 56.8. The molecule has 11 unspecified atom stereocenters. The van der Waals surface area contributed by atoms with E-state index in [-0.39, 0.29) is 37.6 Å². The molecule has 2 saturated heterocycles. The number of hydrogen-bond donors (Lipinski definition) is 7. The summed E-state index contributed by atoms with van der Waals surface area (Å²) >= 11 is 6.79. The quantitative estimate of drug-likeness (QED) is 0.0376. The van der Waals surface area contributed by atoms with Gasteiger partial charge in [0.25, 0.3) is 0 Å². The Labute approximate surface area is 446 Å². The highest BCUT2D eigenvalue weighted by atomic mass is 35.5. The first kappa shape index (κ1) is 62.3. The van der Waals surface area contributed by atoms with E-state index in [0.717, 1.165) is 16.0 Å². The molecule has 3 aliphatic rings. The molecule has 8 N–H and O–H groups in total. The number of benzene rings is 1. The number of rotatable bonds is 21. The minimum absolute atomic E-state index is 0.0676. The first-order chi connectivity index (χ1) is 35.7. The molecule has 7 amide bonds. The Kier molecular flexibility index (Phi) is 22.7. The van der Waals surface area contributed by atoms with Crippen molar-refractivity contribution in [3.8, 4) is 5.75 Å². The maximum atomic E-state index is 14.3. The van der Waals surface area contributed by atoms with Gasteiger partial charge in [0.2, 0.25) is 35.4 Å². The van der Waals surface area contributed by atoms with Crippen LogP contribution in [-0.2, 0) is 73.3 Å². The molecule has 0 spiro atoms. The minimum Gasteiger partial charge on any atom is -0.495 e. The van der Waals surface area contributed by atoms with Gasteiger partial charge in [0, 0.05) is 59.0 Å². The summed E-state index contributed by atoms with van der Waals surface area (Å²) in [6, 6.07) is 0.175. The summed E-state index contributed by atoms with van der Waals surface area (Å²) in [7, 11) is 5.66. The summed E-state index contributed by atoms with van der Waals surface area (Å²) in [6.07, 6.45) is -0.288. The van der Waals surface area contributed by atoms with Crippen LogP contribution in [0.2, 0.25) is 5.02 Å². The molecule has 4 rings (SSSR count). The first-order valence-corrected chi connectivity index (χ1v) is 25.0. The molecule has 3 aliphatic heterocycles. The number of fused-ring (bicyclic) bond motifs is 5. The topological polar surface area (TPSA) is 334 Å². The number of carbonyl (C=O) groups excluding carboxylic acids is 9. The minimum atomic E-state index is -1.91. The molecule has 1 aromatic carbocycles. The maximum Gasteiger partial charge on any atom is 0.409 e. The molecular formula is C50H73ClN8O17. The number of nitrogens with two attached hydrogens (primary N) is 1. The van der Waals surface area contributed by atoms with Crippen LogP contribution in [-0.4, -0.2) is 178 Å². The predicted octanol–water partition coefficient (Wildman–Crippen LogP) is 0.258. The number of Topliss-reactive ketones (excluding diaryl/α,β-unsaturated/α-hetero) is 1. The summed E-state index contributed by atoms with van der Waals surface area (Å²) < 4.78 is 34.6. The maximum absolute atomic E-state index is 14.3. The van der Waals surface area contributed by atoms with E-state index in [1.807, 2.05) is 13.0 Å². The molecule has 2 fully saturated rings. The molecular weight excluding hydrogens is 1020 g/mol. The molecule has 3 heterocycles. The number of carbonyl (C=O) groups is 9. The number of nitrogens with one attached hydrogen (secondary N) is 5. The third-order valence-electron chi connectivity index (χ3n) is 13.5. The van der Waals surface area contributed by atoms with Crippen LogP contribution in [0.5, 0.6) is 5.75 Å². The number of ether oxygens (including phenoxy) is 6. The van der Waals surface area contributed by atoms with Crippen LogP contribution in [0, 0.1) is 11.8 Å². The molecule has 0 aliphatic carbocycles. The second-order valence-electron chi connectivity index (χ2n) is 19.4. The highest BCUT2D eigenvalue weighted by Crippen LogP contribution is 2.49. The third-order valence-corrected chi connectivity index (χ3v) is 13.9. The highest BCUT2D eigenvalue weighted by molar-refractivity contribution is 6.35. The number of anilines is 1. The lowest BCUT2D eigenvalue weighted by Crippen LogP contribution is -2.63. The summed E-state index contributed by atoms with van der Waals surface area (Å²) in [5, 5.41) is 24.4. The molecule has 0 radical (unpaired) electrons. The van der Waals surface area contributed by atoms with Gasteiger partial charge in [-0.05, 0) is 58.7 Å². The smallest absolute Gasteiger partial charge is 0.409 e. The number of epoxide rings is 1. The Hall–Kier alpha value is -6.22. The first-order valence-electron chi connectivity index (χ1n) is 24.6. The fourth-order valence-electron chi connectivity index (χ4n) is 8.57. The fourth-order valence-corrected chi connectivity index (χ4v) is 8.89. The van der Waals surface area contributed by atoms with E-state index in [4.69, 9.17) is 45.9 Å². The number of allylic oxidation sites excluding steroid dienone is 3. The van der Waals surface area contributed by atoms with E-state index in [2.05, 4.69) is 31.4 Å².